The maximum absolute atomic E-state index is 9.45. The molecule has 3 aromatic rings. The fourth-order valence-electron chi connectivity index (χ4n) is 2.60. The van der Waals surface area contributed by atoms with Gasteiger partial charge in [0.15, 0.2) is 0 Å². The molecule has 0 aliphatic carbocycles. The summed E-state index contributed by atoms with van der Waals surface area (Å²) < 4.78 is 0. The van der Waals surface area contributed by atoms with Crippen molar-refractivity contribution in [2.75, 3.05) is 5.73 Å². The number of nitrogens with two attached hydrogens (primary N) is 1. The smallest absolute Gasteiger partial charge is 0.142 e. The van der Waals surface area contributed by atoms with Crippen LogP contribution in [0.1, 0.15) is 18.1 Å². The van der Waals surface area contributed by atoms with Crippen LogP contribution in [0.15, 0.2) is 54.6 Å². The molecule has 0 aliphatic heterocycles. The summed E-state index contributed by atoms with van der Waals surface area (Å²) in [5.41, 5.74) is 11.0. The summed E-state index contributed by atoms with van der Waals surface area (Å²) in [6.07, 6.45) is 0.985. The largest absolute Gasteiger partial charge is 0.383 e. The van der Waals surface area contributed by atoms with E-state index in [-0.39, 0.29) is 5.82 Å². The molecular weight excluding hydrogens is 318 g/mol. The molecule has 24 heavy (non-hydrogen) atoms. The molecule has 0 bridgehead atoms. The maximum Gasteiger partial charge on any atom is 0.142 e. The van der Waals surface area contributed by atoms with Gasteiger partial charge in [-0.05, 0) is 35.7 Å². The molecule has 2 N–H and O–H groups in total. The number of nitriles is 1. The summed E-state index contributed by atoms with van der Waals surface area (Å²) in [5, 5.41) is 10.1. The summed E-state index contributed by atoms with van der Waals surface area (Å²) in [6, 6.07) is 19.6. The molecule has 0 fully saturated rings. The first kappa shape index (κ1) is 16.0. The zero-order chi connectivity index (χ0) is 17.1. The molecular formula is C20H16ClN3. The molecule has 4 heteroatoms. The van der Waals surface area contributed by atoms with E-state index in [1.165, 1.54) is 5.56 Å². The zero-order valence-electron chi connectivity index (χ0n) is 13.3. The monoisotopic (exact) mass is 333 g/mol. The van der Waals surface area contributed by atoms with Crippen molar-refractivity contribution >= 4 is 17.4 Å². The molecule has 118 valence electrons. The number of rotatable bonds is 3. The first-order chi connectivity index (χ1) is 11.6. The van der Waals surface area contributed by atoms with E-state index in [9.17, 15) is 5.26 Å². The van der Waals surface area contributed by atoms with Gasteiger partial charge in [0.2, 0.25) is 0 Å². The van der Waals surface area contributed by atoms with Crippen LogP contribution in [0, 0.1) is 11.3 Å². The Balaban J connectivity index is 2.15. The minimum absolute atomic E-state index is 0.236. The number of benzene rings is 2. The van der Waals surface area contributed by atoms with Crippen molar-refractivity contribution in [1.82, 2.24) is 4.98 Å². The number of halogens is 1. The molecule has 0 radical (unpaired) electrons. The highest BCUT2D eigenvalue weighted by Gasteiger charge is 2.13. The second kappa shape index (κ2) is 6.74. The van der Waals surface area contributed by atoms with Gasteiger partial charge in [-0.1, -0.05) is 54.9 Å². The third kappa shape index (κ3) is 3.10. The SMILES string of the molecule is CCc1ccc(-c2cc(-c3ccc(Cl)cc3)c(C#N)c(N)n2)cc1. The molecule has 0 amide bonds. The third-order valence-electron chi connectivity index (χ3n) is 3.97. The number of nitrogen functional groups attached to an aromatic ring is 1. The van der Waals surface area contributed by atoms with Crippen molar-refractivity contribution in [1.29, 1.82) is 5.26 Å². The Hall–Kier alpha value is -2.83. The molecule has 0 saturated carbocycles. The maximum atomic E-state index is 9.45. The van der Waals surface area contributed by atoms with Crippen LogP contribution in [0.5, 0.6) is 0 Å². The van der Waals surface area contributed by atoms with Crippen LogP contribution in [0.2, 0.25) is 5.02 Å². The highest BCUT2D eigenvalue weighted by molar-refractivity contribution is 6.30. The van der Waals surface area contributed by atoms with E-state index in [4.69, 9.17) is 17.3 Å². The molecule has 3 nitrogen and oxygen atoms in total. The predicted molar refractivity (Wildman–Crippen MR) is 98.6 cm³/mol. The molecule has 0 spiro atoms. The van der Waals surface area contributed by atoms with Gasteiger partial charge in [0.25, 0.3) is 0 Å². The highest BCUT2D eigenvalue weighted by atomic mass is 35.5. The normalized spacial score (nSPS) is 10.4. The lowest BCUT2D eigenvalue weighted by molar-refractivity contribution is 1.14. The van der Waals surface area contributed by atoms with Gasteiger partial charge < -0.3 is 5.73 Å². The molecule has 2 aromatic carbocycles. The van der Waals surface area contributed by atoms with Gasteiger partial charge in [0.05, 0.1) is 5.69 Å². The minimum Gasteiger partial charge on any atom is -0.383 e. The summed E-state index contributed by atoms with van der Waals surface area (Å²) in [7, 11) is 0. The molecule has 1 aromatic heterocycles. The van der Waals surface area contributed by atoms with E-state index in [1.807, 2.05) is 30.3 Å². The summed E-state index contributed by atoms with van der Waals surface area (Å²) in [5.74, 6) is 0.236. The van der Waals surface area contributed by atoms with Gasteiger partial charge in [-0.2, -0.15) is 5.26 Å². The van der Waals surface area contributed by atoms with Crippen LogP contribution < -0.4 is 5.73 Å². The van der Waals surface area contributed by atoms with Gasteiger partial charge in [-0.3, -0.25) is 0 Å². The van der Waals surface area contributed by atoms with Crippen molar-refractivity contribution < 1.29 is 0 Å². The Morgan fingerprint density at radius 1 is 1.04 bits per heavy atom. The van der Waals surface area contributed by atoms with Crippen molar-refractivity contribution in [3.63, 3.8) is 0 Å². The number of pyridine rings is 1. The number of aryl methyl sites for hydroxylation is 1. The summed E-state index contributed by atoms with van der Waals surface area (Å²) in [6.45, 7) is 2.12. The number of aromatic nitrogens is 1. The average molecular weight is 334 g/mol. The van der Waals surface area contributed by atoms with Crippen molar-refractivity contribution in [2.24, 2.45) is 0 Å². The van der Waals surface area contributed by atoms with Gasteiger partial charge >= 0.3 is 0 Å². The van der Waals surface area contributed by atoms with E-state index in [0.29, 0.717) is 10.6 Å². The van der Waals surface area contributed by atoms with Gasteiger partial charge in [0, 0.05) is 16.1 Å². The second-order valence-corrected chi connectivity index (χ2v) is 5.92. The Bertz CT molecular complexity index is 907. The topological polar surface area (TPSA) is 62.7 Å². The Morgan fingerprint density at radius 2 is 1.67 bits per heavy atom. The fraction of sp³-hybridized carbons (Fsp3) is 0.100. The van der Waals surface area contributed by atoms with Crippen molar-refractivity contribution in [3.8, 4) is 28.5 Å². The van der Waals surface area contributed by atoms with Crippen LogP contribution >= 0.6 is 11.6 Å². The van der Waals surface area contributed by atoms with Crippen LogP contribution in [0.3, 0.4) is 0 Å². The molecule has 0 atom stereocenters. The highest BCUT2D eigenvalue weighted by Crippen LogP contribution is 2.31. The average Bonchev–Trinajstić information content (AvgIpc) is 2.62. The zero-order valence-corrected chi connectivity index (χ0v) is 14.0. The molecule has 1 heterocycles. The van der Waals surface area contributed by atoms with Crippen LogP contribution in [0.25, 0.3) is 22.4 Å². The Kier molecular flexibility index (Phi) is 4.50. The summed E-state index contributed by atoms with van der Waals surface area (Å²) >= 11 is 5.96. The van der Waals surface area contributed by atoms with Crippen molar-refractivity contribution in [3.05, 3.63) is 70.7 Å². The standard InChI is InChI=1S/C20H16ClN3/c1-2-13-3-5-15(6-4-13)19-11-17(18(12-22)20(23)24-19)14-7-9-16(21)10-8-14/h3-11H,2H2,1H3,(H2,23,24). The van der Waals surface area contributed by atoms with Gasteiger partial charge in [-0.15, -0.1) is 0 Å². The summed E-state index contributed by atoms with van der Waals surface area (Å²) in [4.78, 5) is 4.40. The predicted octanol–water partition coefficient (Wildman–Crippen LogP) is 5.09. The molecule has 0 aliphatic rings. The lowest BCUT2D eigenvalue weighted by Gasteiger charge is -2.11. The number of hydrogen-bond acceptors (Lipinski definition) is 3. The van der Waals surface area contributed by atoms with Gasteiger partial charge in [0.1, 0.15) is 17.5 Å². The lowest BCUT2D eigenvalue weighted by Crippen LogP contribution is -1.99. The first-order valence-electron chi connectivity index (χ1n) is 7.68. The lowest BCUT2D eigenvalue weighted by atomic mass is 9.98. The van der Waals surface area contributed by atoms with Crippen LogP contribution in [-0.4, -0.2) is 4.98 Å². The number of anilines is 1. The first-order valence-corrected chi connectivity index (χ1v) is 8.06. The minimum atomic E-state index is 0.236. The Labute approximate surface area is 146 Å². The number of hydrogen-bond donors (Lipinski definition) is 1. The van der Waals surface area contributed by atoms with E-state index in [1.54, 1.807) is 12.1 Å². The van der Waals surface area contributed by atoms with E-state index in [0.717, 1.165) is 28.8 Å². The van der Waals surface area contributed by atoms with E-state index < -0.39 is 0 Å². The Morgan fingerprint density at radius 3 is 2.25 bits per heavy atom. The number of nitrogens with zero attached hydrogens (tertiary/aromatic N) is 2. The molecule has 0 saturated heterocycles. The molecule has 3 rings (SSSR count). The van der Waals surface area contributed by atoms with Crippen molar-refractivity contribution in [2.45, 2.75) is 13.3 Å². The van der Waals surface area contributed by atoms with Crippen LogP contribution in [0.4, 0.5) is 5.82 Å². The molecule has 0 unspecified atom stereocenters. The quantitative estimate of drug-likeness (QED) is 0.726. The van der Waals surface area contributed by atoms with E-state index >= 15 is 0 Å². The fourth-order valence-corrected chi connectivity index (χ4v) is 2.72. The third-order valence-corrected chi connectivity index (χ3v) is 4.22. The van der Waals surface area contributed by atoms with E-state index in [2.05, 4.69) is 30.1 Å². The van der Waals surface area contributed by atoms with Crippen LogP contribution in [-0.2, 0) is 6.42 Å². The van der Waals surface area contributed by atoms with Gasteiger partial charge in [-0.25, -0.2) is 4.98 Å². The second-order valence-electron chi connectivity index (χ2n) is 5.48.